The van der Waals surface area contributed by atoms with Gasteiger partial charge in [0.15, 0.2) is 11.6 Å². The van der Waals surface area contributed by atoms with E-state index >= 15 is 0 Å². The summed E-state index contributed by atoms with van der Waals surface area (Å²) in [6, 6.07) is 7.69. The molecule has 1 heterocycles. The van der Waals surface area contributed by atoms with Gasteiger partial charge in [-0.25, -0.2) is 9.18 Å². The first-order chi connectivity index (χ1) is 12.9. The van der Waals surface area contributed by atoms with E-state index in [9.17, 15) is 23.9 Å². The van der Waals surface area contributed by atoms with Crippen LogP contribution in [0.15, 0.2) is 36.4 Å². The molecular formula is C20H16ClFO5. The summed E-state index contributed by atoms with van der Waals surface area (Å²) in [5.74, 6) is -3.99. The van der Waals surface area contributed by atoms with Crippen molar-refractivity contribution >= 4 is 29.1 Å². The number of carbonyl (C=O) groups excluding carboxylic acids is 2. The summed E-state index contributed by atoms with van der Waals surface area (Å²) in [7, 11) is 0. The monoisotopic (exact) mass is 390 g/mol. The molecule has 0 saturated carbocycles. The Hall–Kier alpha value is -2.57. The van der Waals surface area contributed by atoms with Gasteiger partial charge in [0.1, 0.15) is 5.82 Å². The molecule has 0 radical (unpaired) electrons. The Morgan fingerprint density at radius 3 is 2.26 bits per heavy atom. The standard InChI is InChI=1S/C20H16ClFO5/c21-14-3-1-11(2-4-14)19(24)17-15(20(25)26)9-13(10-16(17)22)18(23)12-5-7-27-8-6-12/h1-4,9-10,12H,5-8H2,(H,25,26). The van der Waals surface area contributed by atoms with Crippen LogP contribution in [0.3, 0.4) is 0 Å². The largest absolute Gasteiger partial charge is 0.478 e. The Morgan fingerprint density at radius 1 is 1.04 bits per heavy atom. The number of Topliss-reactive ketones (excluding diaryl/α,β-unsaturated/α-hetero) is 1. The summed E-state index contributed by atoms with van der Waals surface area (Å²) in [5, 5.41) is 9.87. The number of halogens is 2. The zero-order valence-corrected chi connectivity index (χ0v) is 15.0. The van der Waals surface area contributed by atoms with Gasteiger partial charge in [0, 0.05) is 35.3 Å². The number of ketones is 2. The Kier molecular flexibility index (Phi) is 5.68. The van der Waals surface area contributed by atoms with Crippen LogP contribution >= 0.6 is 11.6 Å². The van der Waals surface area contributed by atoms with Gasteiger partial charge in [0.05, 0.1) is 11.1 Å². The number of ether oxygens (including phenoxy) is 1. The number of rotatable bonds is 5. The molecule has 2 aromatic carbocycles. The van der Waals surface area contributed by atoms with Crippen LogP contribution in [0.5, 0.6) is 0 Å². The van der Waals surface area contributed by atoms with Crippen LogP contribution < -0.4 is 0 Å². The van der Waals surface area contributed by atoms with Crippen LogP contribution in [0.2, 0.25) is 5.02 Å². The molecule has 27 heavy (non-hydrogen) atoms. The third-order valence-electron chi connectivity index (χ3n) is 4.53. The Labute approximate surface area is 159 Å². The van der Waals surface area contributed by atoms with Crippen LogP contribution in [0, 0.1) is 11.7 Å². The van der Waals surface area contributed by atoms with E-state index in [-0.39, 0.29) is 22.8 Å². The first kappa shape index (κ1) is 19.2. The van der Waals surface area contributed by atoms with Gasteiger partial charge < -0.3 is 9.84 Å². The van der Waals surface area contributed by atoms with Gasteiger partial charge in [-0.05, 0) is 49.2 Å². The lowest BCUT2D eigenvalue weighted by molar-refractivity contribution is 0.0544. The topological polar surface area (TPSA) is 80.7 Å². The molecule has 7 heteroatoms. The molecule has 0 atom stereocenters. The maximum Gasteiger partial charge on any atom is 0.336 e. The molecular weight excluding hydrogens is 375 g/mol. The fraction of sp³-hybridized carbons (Fsp3) is 0.250. The SMILES string of the molecule is O=C(O)c1cc(C(=O)C2CCOCC2)cc(F)c1C(=O)c1ccc(Cl)cc1. The lowest BCUT2D eigenvalue weighted by Crippen LogP contribution is -2.24. The predicted octanol–water partition coefficient (Wildman–Crippen LogP) is 4.02. The zero-order valence-electron chi connectivity index (χ0n) is 14.2. The quantitative estimate of drug-likeness (QED) is 0.780. The molecule has 2 aromatic rings. The first-order valence-electron chi connectivity index (χ1n) is 8.37. The van der Waals surface area contributed by atoms with E-state index in [1.807, 2.05) is 0 Å². The van der Waals surface area contributed by atoms with Gasteiger partial charge in [0.2, 0.25) is 0 Å². The van der Waals surface area contributed by atoms with Crippen LogP contribution in [-0.2, 0) is 4.74 Å². The summed E-state index contributed by atoms with van der Waals surface area (Å²) in [6.07, 6.45) is 0.989. The third-order valence-corrected chi connectivity index (χ3v) is 4.78. The van der Waals surface area contributed by atoms with Crippen molar-refractivity contribution in [3.8, 4) is 0 Å². The Bertz CT molecular complexity index is 901. The molecule has 1 saturated heterocycles. The van der Waals surface area contributed by atoms with Crippen molar-refractivity contribution in [1.29, 1.82) is 0 Å². The number of carboxylic acids is 1. The van der Waals surface area contributed by atoms with Crippen molar-refractivity contribution in [2.45, 2.75) is 12.8 Å². The molecule has 0 unspecified atom stereocenters. The smallest absolute Gasteiger partial charge is 0.336 e. The second-order valence-corrected chi connectivity index (χ2v) is 6.71. The number of hydrogen-bond acceptors (Lipinski definition) is 4. The molecule has 140 valence electrons. The summed E-state index contributed by atoms with van der Waals surface area (Å²) in [4.78, 5) is 36.9. The molecule has 0 bridgehead atoms. The zero-order chi connectivity index (χ0) is 19.6. The molecule has 1 aliphatic rings. The minimum Gasteiger partial charge on any atom is -0.478 e. The predicted molar refractivity (Wildman–Crippen MR) is 96.1 cm³/mol. The van der Waals surface area contributed by atoms with Crippen molar-refractivity contribution in [3.05, 3.63) is 69.5 Å². The minimum atomic E-state index is -1.48. The number of carboxylic acid groups (broad SMARTS) is 1. The molecule has 1 fully saturated rings. The van der Waals surface area contributed by atoms with Crippen LogP contribution in [0.1, 0.15) is 49.5 Å². The van der Waals surface area contributed by atoms with E-state index < -0.39 is 28.7 Å². The van der Waals surface area contributed by atoms with Crippen molar-refractivity contribution < 1.29 is 28.6 Å². The van der Waals surface area contributed by atoms with Gasteiger partial charge in [-0.3, -0.25) is 9.59 Å². The highest BCUT2D eigenvalue weighted by atomic mass is 35.5. The summed E-state index contributed by atoms with van der Waals surface area (Å²) in [6.45, 7) is 0.857. The fourth-order valence-corrected chi connectivity index (χ4v) is 3.22. The maximum atomic E-state index is 14.7. The molecule has 0 aromatic heterocycles. The number of aromatic carboxylic acids is 1. The van der Waals surface area contributed by atoms with E-state index in [0.29, 0.717) is 31.1 Å². The van der Waals surface area contributed by atoms with E-state index in [1.165, 1.54) is 24.3 Å². The Balaban J connectivity index is 2.02. The maximum absolute atomic E-state index is 14.7. The highest BCUT2D eigenvalue weighted by Gasteiger charge is 2.28. The van der Waals surface area contributed by atoms with Crippen molar-refractivity contribution in [2.24, 2.45) is 5.92 Å². The van der Waals surface area contributed by atoms with Crippen molar-refractivity contribution in [3.63, 3.8) is 0 Å². The van der Waals surface area contributed by atoms with E-state index in [0.717, 1.165) is 12.1 Å². The summed E-state index contributed by atoms with van der Waals surface area (Å²) < 4.78 is 19.9. The van der Waals surface area contributed by atoms with Crippen LogP contribution in [-0.4, -0.2) is 35.9 Å². The van der Waals surface area contributed by atoms with Gasteiger partial charge in [-0.15, -0.1) is 0 Å². The van der Waals surface area contributed by atoms with E-state index in [2.05, 4.69) is 0 Å². The normalized spacial score (nSPS) is 14.7. The summed E-state index contributed by atoms with van der Waals surface area (Å²) in [5.41, 5.74) is -1.06. The molecule has 5 nitrogen and oxygen atoms in total. The lowest BCUT2D eigenvalue weighted by Gasteiger charge is -2.21. The van der Waals surface area contributed by atoms with Gasteiger partial charge >= 0.3 is 5.97 Å². The second kappa shape index (κ2) is 7.98. The van der Waals surface area contributed by atoms with E-state index in [1.54, 1.807) is 0 Å². The molecule has 0 aliphatic carbocycles. The second-order valence-electron chi connectivity index (χ2n) is 6.27. The molecule has 1 aliphatic heterocycles. The van der Waals surface area contributed by atoms with Gasteiger partial charge in [-0.2, -0.15) is 0 Å². The Morgan fingerprint density at radius 2 is 1.67 bits per heavy atom. The molecule has 1 N–H and O–H groups in total. The average Bonchev–Trinajstić information content (AvgIpc) is 2.67. The van der Waals surface area contributed by atoms with Gasteiger partial charge in [0.25, 0.3) is 0 Å². The van der Waals surface area contributed by atoms with Crippen molar-refractivity contribution in [1.82, 2.24) is 0 Å². The molecule has 0 amide bonds. The van der Waals surface area contributed by atoms with Crippen molar-refractivity contribution in [2.75, 3.05) is 13.2 Å². The lowest BCUT2D eigenvalue weighted by atomic mass is 9.88. The highest BCUT2D eigenvalue weighted by Crippen LogP contribution is 2.26. The molecule has 3 rings (SSSR count). The number of hydrogen-bond donors (Lipinski definition) is 1. The third kappa shape index (κ3) is 4.07. The highest BCUT2D eigenvalue weighted by molar-refractivity contribution is 6.30. The van der Waals surface area contributed by atoms with Gasteiger partial charge in [-0.1, -0.05) is 11.6 Å². The number of benzene rings is 2. The van der Waals surface area contributed by atoms with Crippen LogP contribution in [0.4, 0.5) is 4.39 Å². The number of carbonyl (C=O) groups is 3. The van der Waals surface area contributed by atoms with E-state index in [4.69, 9.17) is 16.3 Å². The molecule has 0 spiro atoms. The average molecular weight is 391 g/mol. The first-order valence-corrected chi connectivity index (χ1v) is 8.75. The van der Waals surface area contributed by atoms with Crippen LogP contribution in [0.25, 0.3) is 0 Å². The fourth-order valence-electron chi connectivity index (χ4n) is 3.09. The minimum absolute atomic E-state index is 0.0514. The summed E-state index contributed by atoms with van der Waals surface area (Å²) >= 11 is 5.78.